The van der Waals surface area contributed by atoms with E-state index in [0.29, 0.717) is 16.5 Å². The first-order valence-corrected chi connectivity index (χ1v) is 12.9. The van der Waals surface area contributed by atoms with Gasteiger partial charge in [-0.1, -0.05) is 23.1 Å². The number of carbonyl (C=O) groups is 1. The van der Waals surface area contributed by atoms with Gasteiger partial charge in [0.2, 0.25) is 5.95 Å². The van der Waals surface area contributed by atoms with Crippen molar-refractivity contribution in [1.29, 1.82) is 0 Å². The molecule has 1 amide bonds. The van der Waals surface area contributed by atoms with E-state index in [-0.39, 0.29) is 6.61 Å². The largest absolute Gasteiger partial charge is 0.450 e. The number of rotatable bonds is 10. The molecule has 0 atom stereocenters. The Kier molecular flexibility index (Phi) is 8.41. The SMILES string of the molecule is CCOC(=O)N=[S-](=O)c1ccc(Nc2ncc(-c3cccs3)c(NCCCn3cccn3)n2)cc1. The summed E-state index contributed by atoms with van der Waals surface area (Å²) in [7, 11) is -1.83. The molecule has 4 aromatic rings. The van der Waals surface area contributed by atoms with Crippen LogP contribution in [0.25, 0.3) is 10.4 Å². The maximum atomic E-state index is 12.2. The number of hydrogen-bond acceptors (Lipinski definition) is 10. The number of nitrogens with one attached hydrogen (secondary N) is 2. The second-order valence-corrected chi connectivity index (χ2v) is 9.27. The number of nitrogens with zero attached hydrogens (tertiary/aromatic N) is 5. The number of benzene rings is 1. The van der Waals surface area contributed by atoms with E-state index in [2.05, 4.69) is 30.1 Å². The predicted octanol–water partition coefficient (Wildman–Crippen LogP) is 5.31. The van der Waals surface area contributed by atoms with Crippen LogP contribution in [0.5, 0.6) is 0 Å². The lowest BCUT2D eigenvalue weighted by Crippen LogP contribution is -2.10. The molecular weight excluding hydrogens is 486 g/mol. The van der Waals surface area contributed by atoms with Crippen LogP contribution in [0.3, 0.4) is 0 Å². The fourth-order valence-electron chi connectivity index (χ4n) is 3.12. The molecule has 2 N–H and O–H groups in total. The summed E-state index contributed by atoms with van der Waals surface area (Å²) in [5, 5.41) is 12.8. The zero-order valence-corrected chi connectivity index (χ0v) is 20.6. The number of anilines is 3. The van der Waals surface area contributed by atoms with Gasteiger partial charge in [0.05, 0.1) is 12.2 Å². The van der Waals surface area contributed by atoms with E-state index in [1.54, 1.807) is 54.9 Å². The molecule has 0 aliphatic rings. The second kappa shape index (κ2) is 12.1. The molecule has 0 aliphatic heterocycles. The number of hydrogen-bond donors (Lipinski definition) is 2. The van der Waals surface area contributed by atoms with Crippen molar-refractivity contribution >= 4 is 45.5 Å². The maximum Gasteiger partial charge on any atom is 0.410 e. The van der Waals surface area contributed by atoms with Gasteiger partial charge >= 0.3 is 6.09 Å². The molecule has 12 heteroatoms. The fraction of sp³-hybridized carbons (Fsp3) is 0.217. The van der Waals surface area contributed by atoms with E-state index in [4.69, 9.17) is 4.74 Å². The minimum absolute atomic E-state index is 0.175. The molecule has 0 saturated heterocycles. The Morgan fingerprint density at radius 1 is 1.23 bits per heavy atom. The van der Waals surface area contributed by atoms with Crippen LogP contribution in [-0.2, 0) is 26.1 Å². The monoisotopic (exact) mass is 510 g/mol. The number of thiophene rings is 1. The van der Waals surface area contributed by atoms with Crippen molar-refractivity contribution in [2.24, 2.45) is 4.36 Å². The summed E-state index contributed by atoms with van der Waals surface area (Å²) in [5.74, 6) is 1.15. The topological polar surface area (TPSA) is 123 Å². The predicted molar refractivity (Wildman–Crippen MR) is 136 cm³/mol. The van der Waals surface area contributed by atoms with Crippen molar-refractivity contribution < 1.29 is 13.7 Å². The number of amides is 1. The van der Waals surface area contributed by atoms with Gasteiger partial charge < -0.3 is 19.6 Å². The van der Waals surface area contributed by atoms with E-state index < -0.39 is 16.7 Å². The molecule has 0 radical (unpaired) electrons. The van der Waals surface area contributed by atoms with Gasteiger partial charge in [0.1, 0.15) is 5.82 Å². The van der Waals surface area contributed by atoms with Crippen LogP contribution < -0.4 is 10.6 Å². The lowest BCUT2D eigenvalue weighted by Gasteiger charge is -2.13. The number of ether oxygens (including phenoxy) is 1. The highest BCUT2D eigenvalue weighted by Gasteiger charge is 2.11. The van der Waals surface area contributed by atoms with E-state index in [1.165, 1.54) is 0 Å². The van der Waals surface area contributed by atoms with Gasteiger partial charge in [-0.15, -0.1) is 21.9 Å². The van der Waals surface area contributed by atoms with Crippen molar-refractivity contribution in [3.63, 3.8) is 0 Å². The minimum atomic E-state index is -1.83. The van der Waals surface area contributed by atoms with E-state index in [9.17, 15) is 9.00 Å². The molecular formula is C23H24N7O3S2-. The van der Waals surface area contributed by atoms with Gasteiger partial charge in [-0.25, -0.2) is 9.78 Å². The molecule has 0 fully saturated rings. The summed E-state index contributed by atoms with van der Waals surface area (Å²) in [6, 6.07) is 12.6. The third kappa shape index (κ3) is 6.87. The van der Waals surface area contributed by atoms with Gasteiger partial charge in [-0.05, 0) is 43.0 Å². The quantitative estimate of drug-likeness (QED) is 0.217. The van der Waals surface area contributed by atoms with Crippen LogP contribution in [0, 0.1) is 0 Å². The van der Waals surface area contributed by atoms with E-state index in [1.807, 2.05) is 34.5 Å². The Labute approximate surface area is 208 Å². The fourth-order valence-corrected chi connectivity index (χ4v) is 4.52. The first-order valence-electron chi connectivity index (χ1n) is 10.9. The summed E-state index contributed by atoms with van der Waals surface area (Å²) >= 11 is 1.62. The average Bonchev–Trinajstić information content (AvgIpc) is 3.57. The smallest absolute Gasteiger partial charge is 0.410 e. The Morgan fingerprint density at radius 2 is 2.09 bits per heavy atom. The highest BCUT2D eigenvalue weighted by atomic mass is 32.2. The molecule has 0 aliphatic carbocycles. The van der Waals surface area contributed by atoms with Crippen LogP contribution >= 0.6 is 11.3 Å². The zero-order valence-electron chi connectivity index (χ0n) is 19.0. The molecule has 0 spiro atoms. The van der Waals surface area contributed by atoms with Gasteiger partial charge in [-0.2, -0.15) is 10.1 Å². The number of aryl methyl sites for hydroxylation is 1. The second-order valence-electron chi connectivity index (χ2n) is 7.17. The van der Waals surface area contributed by atoms with Gasteiger partial charge in [0.15, 0.2) is 0 Å². The normalized spacial score (nSPS) is 11.8. The molecule has 0 unspecified atom stereocenters. The minimum Gasteiger partial charge on any atom is -0.450 e. The summed E-state index contributed by atoms with van der Waals surface area (Å²) in [6.07, 6.45) is 5.53. The molecule has 3 aromatic heterocycles. The third-order valence-electron chi connectivity index (χ3n) is 4.73. The third-order valence-corrected chi connectivity index (χ3v) is 6.62. The lowest BCUT2D eigenvalue weighted by molar-refractivity contribution is 0.164. The van der Waals surface area contributed by atoms with Crippen LogP contribution in [0.15, 0.2) is 75.7 Å². The standard InChI is InChI=1S/C23H24N7O3S2/c1-2-33-23(31)29-35(32)18-9-7-17(8-10-18)27-22-25-16-19(20-6-3-15-34-20)21(28-22)24-11-4-13-30-14-5-12-26-30/h3,5-10,12,14-16H,2,4,11,13H2,1H3,(H2,24,25,27,28)/q-1. The van der Waals surface area contributed by atoms with Crippen LogP contribution in [-0.4, -0.2) is 39.0 Å². The molecule has 0 bridgehead atoms. The average molecular weight is 511 g/mol. The van der Waals surface area contributed by atoms with Crippen LogP contribution in [0.2, 0.25) is 0 Å². The zero-order chi connectivity index (χ0) is 24.5. The molecule has 35 heavy (non-hydrogen) atoms. The summed E-state index contributed by atoms with van der Waals surface area (Å²) < 4.78 is 22.3. The lowest BCUT2D eigenvalue weighted by atomic mass is 10.2. The molecule has 1 aromatic carbocycles. The van der Waals surface area contributed by atoms with Crippen molar-refractivity contribution in [2.45, 2.75) is 24.8 Å². The summed E-state index contributed by atoms with van der Waals surface area (Å²) in [4.78, 5) is 22.0. The van der Waals surface area contributed by atoms with Gasteiger partial charge in [0, 0.05) is 42.2 Å². The van der Waals surface area contributed by atoms with Crippen molar-refractivity contribution in [1.82, 2.24) is 19.7 Å². The molecule has 0 saturated carbocycles. The van der Waals surface area contributed by atoms with Crippen molar-refractivity contribution in [3.8, 4) is 10.4 Å². The highest BCUT2D eigenvalue weighted by Crippen LogP contribution is 2.31. The van der Waals surface area contributed by atoms with Gasteiger partial charge in [0.25, 0.3) is 0 Å². The highest BCUT2D eigenvalue weighted by molar-refractivity contribution is 7.75. The van der Waals surface area contributed by atoms with Crippen molar-refractivity contribution in [2.75, 3.05) is 23.8 Å². The summed E-state index contributed by atoms with van der Waals surface area (Å²) in [5.41, 5.74) is 1.63. The summed E-state index contributed by atoms with van der Waals surface area (Å²) in [6.45, 7) is 3.36. The van der Waals surface area contributed by atoms with Crippen LogP contribution in [0.4, 0.5) is 22.2 Å². The van der Waals surface area contributed by atoms with Crippen LogP contribution in [0.1, 0.15) is 13.3 Å². The molecule has 182 valence electrons. The van der Waals surface area contributed by atoms with Gasteiger partial charge in [-0.3, -0.25) is 9.04 Å². The molecule has 3 heterocycles. The first kappa shape index (κ1) is 24.4. The number of carbonyl (C=O) groups excluding carboxylic acids is 1. The van der Waals surface area contributed by atoms with E-state index >= 15 is 0 Å². The first-order chi connectivity index (χ1) is 17.1. The Morgan fingerprint density at radius 3 is 2.80 bits per heavy atom. The molecule has 10 nitrogen and oxygen atoms in total. The maximum absolute atomic E-state index is 12.2. The Bertz CT molecular complexity index is 1320. The Balaban J connectivity index is 1.46. The Hall–Kier alpha value is -3.77. The van der Waals surface area contributed by atoms with Crippen molar-refractivity contribution in [3.05, 3.63) is 66.4 Å². The van der Waals surface area contributed by atoms with E-state index in [0.717, 1.165) is 35.8 Å². The number of aromatic nitrogens is 4. The molecule has 4 rings (SSSR count).